The number of carbonyl (C=O) groups excluding carboxylic acids is 1. The van der Waals surface area contributed by atoms with Crippen LogP contribution in [0.4, 0.5) is 5.69 Å². The molecule has 0 bridgehead atoms. The summed E-state index contributed by atoms with van der Waals surface area (Å²) in [6.45, 7) is 2.98. The second-order valence-electron chi connectivity index (χ2n) is 3.97. The first-order chi connectivity index (χ1) is 7.65. The maximum absolute atomic E-state index is 10.9. The minimum Gasteiger partial charge on any atom is -0.396 e. The first-order valence-corrected chi connectivity index (χ1v) is 5.78. The van der Waals surface area contributed by atoms with Crippen molar-refractivity contribution in [2.45, 2.75) is 45.6 Å². The molecule has 0 aliphatic carbocycles. The third-order valence-electron chi connectivity index (χ3n) is 2.51. The molecule has 0 saturated heterocycles. The van der Waals surface area contributed by atoms with Crippen molar-refractivity contribution in [3.63, 3.8) is 0 Å². The predicted molar refractivity (Wildman–Crippen MR) is 63.9 cm³/mol. The van der Waals surface area contributed by atoms with E-state index in [2.05, 4.69) is 12.0 Å². The fraction of sp³-hybridized carbons (Fsp3) is 0.636. The van der Waals surface area contributed by atoms with E-state index in [-0.39, 0.29) is 5.69 Å². The van der Waals surface area contributed by atoms with Crippen LogP contribution in [0.2, 0.25) is 0 Å². The molecule has 0 aliphatic heterocycles. The van der Waals surface area contributed by atoms with E-state index in [1.54, 1.807) is 10.9 Å². The van der Waals surface area contributed by atoms with Crippen LogP contribution in [0.5, 0.6) is 0 Å². The SMILES string of the molecule is CCCCCCCn1cc(N)c(C(N)=O)n1. The molecule has 5 heteroatoms. The van der Waals surface area contributed by atoms with Gasteiger partial charge in [0.2, 0.25) is 0 Å². The highest BCUT2D eigenvalue weighted by atomic mass is 16.1. The lowest BCUT2D eigenvalue weighted by Crippen LogP contribution is -2.14. The Hall–Kier alpha value is -1.52. The van der Waals surface area contributed by atoms with Crippen LogP contribution in [-0.4, -0.2) is 15.7 Å². The number of nitrogens with zero attached hydrogens (tertiary/aromatic N) is 2. The molecule has 0 unspecified atom stereocenters. The molecule has 0 aliphatic rings. The Morgan fingerprint density at radius 1 is 1.38 bits per heavy atom. The lowest BCUT2D eigenvalue weighted by Gasteiger charge is -2.00. The van der Waals surface area contributed by atoms with E-state index in [9.17, 15) is 4.79 Å². The van der Waals surface area contributed by atoms with Crippen molar-refractivity contribution in [3.05, 3.63) is 11.9 Å². The lowest BCUT2D eigenvalue weighted by molar-refractivity contribution is 0.0995. The maximum atomic E-state index is 10.9. The fourth-order valence-corrected chi connectivity index (χ4v) is 1.62. The van der Waals surface area contributed by atoms with Crippen molar-refractivity contribution in [2.75, 3.05) is 5.73 Å². The van der Waals surface area contributed by atoms with Gasteiger partial charge in [-0.05, 0) is 6.42 Å². The first kappa shape index (κ1) is 12.5. The predicted octanol–water partition coefficient (Wildman–Crippen LogP) is 1.53. The maximum Gasteiger partial charge on any atom is 0.271 e. The average Bonchev–Trinajstić information content (AvgIpc) is 2.59. The normalized spacial score (nSPS) is 10.6. The summed E-state index contributed by atoms with van der Waals surface area (Å²) >= 11 is 0. The van der Waals surface area contributed by atoms with Crippen molar-refractivity contribution in [1.82, 2.24) is 9.78 Å². The van der Waals surface area contributed by atoms with E-state index in [0.29, 0.717) is 5.69 Å². The third-order valence-corrected chi connectivity index (χ3v) is 2.51. The van der Waals surface area contributed by atoms with E-state index in [1.807, 2.05) is 0 Å². The number of nitrogen functional groups attached to an aromatic ring is 1. The number of aryl methyl sites for hydroxylation is 1. The molecule has 0 saturated carbocycles. The summed E-state index contributed by atoms with van der Waals surface area (Å²) in [5.41, 5.74) is 11.3. The molecule has 90 valence electrons. The van der Waals surface area contributed by atoms with Crippen LogP contribution in [0.3, 0.4) is 0 Å². The molecule has 0 spiro atoms. The highest BCUT2D eigenvalue weighted by molar-refractivity contribution is 5.95. The number of unbranched alkanes of at least 4 members (excludes halogenated alkanes) is 4. The highest BCUT2D eigenvalue weighted by Crippen LogP contribution is 2.10. The number of rotatable bonds is 7. The highest BCUT2D eigenvalue weighted by Gasteiger charge is 2.10. The zero-order valence-corrected chi connectivity index (χ0v) is 9.78. The summed E-state index contributed by atoms with van der Waals surface area (Å²) in [7, 11) is 0. The van der Waals surface area contributed by atoms with Crippen LogP contribution in [0.25, 0.3) is 0 Å². The Morgan fingerprint density at radius 2 is 2.06 bits per heavy atom. The van der Waals surface area contributed by atoms with Gasteiger partial charge in [0, 0.05) is 12.7 Å². The largest absolute Gasteiger partial charge is 0.396 e. The summed E-state index contributed by atoms with van der Waals surface area (Å²) in [5.74, 6) is -0.567. The van der Waals surface area contributed by atoms with Crippen LogP contribution in [-0.2, 0) is 6.54 Å². The Labute approximate surface area is 95.8 Å². The van der Waals surface area contributed by atoms with E-state index in [0.717, 1.165) is 13.0 Å². The minimum atomic E-state index is -0.567. The molecule has 1 rings (SSSR count). The van der Waals surface area contributed by atoms with Crippen molar-refractivity contribution in [2.24, 2.45) is 5.73 Å². The summed E-state index contributed by atoms with van der Waals surface area (Å²) in [5, 5.41) is 4.04. The zero-order chi connectivity index (χ0) is 12.0. The first-order valence-electron chi connectivity index (χ1n) is 5.78. The van der Waals surface area contributed by atoms with Crippen LogP contribution >= 0.6 is 0 Å². The number of hydrogen-bond acceptors (Lipinski definition) is 3. The smallest absolute Gasteiger partial charge is 0.271 e. The van der Waals surface area contributed by atoms with E-state index in [4.69, 9.17) is 11.5 Å². The number of hydrogen-bond donors (Lipinski definition) is 2. The van der Waals surface area contributed by atoms with Crippen molar-refractivity contribution in [1.29, 1.82) is 0 Å². The van der Waals surface area contributed by atoms with E-state index < -0.39 is 5.91 Å². The number of amides is 1. The number of carbonyl (C=O) groups is 1. The quantitative estimate of drug-likeness (QED) is 0.688. The topological polar surface area (TPSA) is 86.9 Å². The van der Waals surface area contributed by atoms with Crippen molar-refractivity contribution in [3.8, 4) is 0 Å². The molecule has 1 amide bonds. The van der Waals surface area contributed by atoms with Gasteiger partial charge in [-0.2, -0.15) is 5.10 Å². The van der Waals surface area contributed by atoms with Crippen LogP contribution in [0, 0.1) is 0 Å². The molecule has 1 aromatic heterocycles. The fourth-order valence-electron chi connectivity index (χ4n) is 1.62. The Balaban J connectivity index is 2.37. The molecule has 0 atom stereocenters. The molecule has 0 aromatic carbocycles. The van der Waals surface area contributed by atoms with Gasteiger partial charge in [-0.15, -0.1) is 0 Å². The lowest BCUT2D eigenvalue weighted by atomic mass is 10.1. The molecule has 1 aromatic rings. The Bertz CT molecular complexity index is 346. The second kappa shape index (κ2) is 6.15. The Morgan fingerprint density at radius 3 is 2.62 bits per heavy atom. The standard InChI is InChI=1S/C11H20N4O/c1-2-3-4-5-6-7-15-8-9(12)10(14-15)11(13)16/h8H,2-7,12H2,1H3,(H2,13,16). The summed E-state index contributed by atoms with van der Waals surface area (Å²) in [6.07, 6.45) is 7.66. The van der Waals surface area contributed by atoms with E-state index in [1.165, 1.54) is 25.7 Å². The number of nitrogens with two attached hydrogens (primary N) is 2. The molecule has 4 N–H and O–H groups in total. The van der Waals surface area contributed by atoms with Gasteiger partial charge in [0.25, 0.3) is 5.91 Å². The summed E-state index contributed by atoms with van der Waals surface area (Å²) < 4.78 is 1.70. The summed E-state index contributed by atoms with van der Waals surface area (Å²) in [4.78, 5) is 10.9. The molecule has 0 radical (unpaired) electrons. The number of anilines is 1. The zero-order valence-electron chi connectivity index (χ0n) is 9.78. The van der Waals surface area contributed by atoms with Gasteiger partial charge in [0.1, 0.15) is 0 Å². The van der Waals surface area contributed by atoms with Crippen LogP contribution in [0.1, 0.15) is 49.5 Å². The van der Waals surface area contributed by atoms with Crippen molar-refractivity contribution < 1.29 is 4.79 Å². The summed E-state index contributed by atoms with van der Waals surface area (Å²) in [6, 6.07) is 0. The van der Waals surface area contributed by atoms with Gasteiger partial charge in [0.05, 0.1) is 5.69 Å². The minimum absolute atomic E-state index is 0.175. The van der Waals surface area contributed by atoms with E-state index >= 15 is 0 Å². The molecule has 1 heterocycles. The average molecular weight is 224 g/mol. The molecular weight excluding hydrogens is 204 g/mol. The number of aromatic nitrogens is 2. The molecule has 16 heavy (non-hydrogen) atoms. The van der Waals surface area contributed by atoms with Gasteiger partial charge >= 0.3 is 0 Å². The van der Waals surface area contributed by atoms with Gasteiger partial charge in [0.15, 0.2) is 5.69 Å². The van der Waals surface area contributed by atoms with Gasteiger partial charge < -0.3 is 11.5 Å². The monoisotopic (exact) mass is 224 g/mol. The van der Waals surface area contributed by atoms with Gasteiger partial charge in [-0.25, -0.2) is 0 Å². The molecular formula is C11H20N4O. The third kappa shape index (κ3) is 3.56. The van der Waals surface area contributed by atoms with Gasteiger partial charge in [-0.1, -0.05) is 32.6 Å². The second-order valence-corrected chi connectivity index (χ2v) is 3.97. The van der Waals surface area contributed by atoms with Crippen LogP contribution < -0.4 is 11.5 Å². The van der Waals surface area contributed by atoms with Crippen LogP contribution in [0.15, 0.2) is 6.20 Å². The molecule has 0 fully saturated rings. The number of primary amides is 1. The molecule has 5 nitrogen and oxygen atoms in total. The van der Waals surface area contributed by atoms with Gasteiger partial charge in [-0.3, -0.25) is 9.48 Å². The van der Waals surface area contributed by atoms with Crippen molar-refractivity contribution >= 4 is 11.6 Å². The Kier molecular flexibility index (Phi) is 4.82.